The summed E-state index contributed by atoms with van der Waals surface area (Å²) in [5, 5.41) is 2.09. The number of nitrogens with two attached hydrogens (primary N) is 1. The van der Waals surface area contributed by atoms with E-state index in [1.807, 2.05) is 6.07 Å². The Bertz CT molecular complexity index is 496. The van der Waals surface area contributed by atoms with Crippen LogP contribution in [0.2, 0.25) is 0 Å². The van der Waals surface area contributed by atoms with Crippen molar-refractivity contribution in [3.63, 3.8) is 0 Å². The van der Waals surface area contributed by atoms with Crippen LogP contribution in [0.4, 0.5) is 4.39 Å². The molecule has 17 heavy (non-hydrogen) atoms. The van der Waals surface area contributed by atoms with Crippen molar-refractivity contribution in [2.45, 2.75) is 17.9 Å². The maximum atomic E-state index is 13.0. The van der Waals surface area contributed by atoms with Gasteiger partial charge in [0.2, 0.25) is 0 Å². The Hall–Kier alpha value is -0.840. The van der Waals surface area contributed by atoms with Crippen molar-refractivity contribution in [1.82, 2.24) is 0 Å². The molecule has 0 saturated heterocycles. The molecule has 0 radical (unpaired) electrons. The minimum Gasteiger partial charge on any atom is -0.323 e. The predicted molar refractivity (Wildman–Crippen MR) is 73.1 cm³/mol. The van der Waals surface area contributed by atoms with Crippen molar-refractivity contribution < 1.29 is 4.39 Å². The highest BCUT2D eigenvalue weighted by molar-refractivity contribution is 7.99. The second kappa shape index (κ2) is 5.67. The summed E-state index contributed by atoms with van der Waals surface area (Å²) < 4.78 is 13.0. The molecule has 90 valence electrons. The van der Waals surface area contributed by atoms with E-state index in [4.69, 9.17) is 5.73 Å². The summed E-state index contributed by atoms with van der Waals surface area (Å²) in [7, 11) is 0. The van der Waals surface area contributed by atoms with Crippen LogP contribution in [0.5, 0.6) is 0 Å². The van der Waals surface area contributed by atoms with E-state index < -0.39 is 0 Å². The number of thioether (sulfide) groups is 1. The molecule has 1 aromatic carbocycles. The third-order valence-electron chi connectivity index (χ3n) is 2.40. The number of thiophene rings is 1. The Morgan fingerprint density at radius 1 is 1.41 bits per heavy atom. The molecular weight excluding hydrogens is 253 g/mol. The third-order valence-corrected chi connectivity index (χ3v) is 4.40. The van der Waals surface area contributed by atoms with Crippen molar-refractivity contribution >= 4 is 23.1 Å². The summed E-state index contributed by atoms with van der Waals surface area (Å²) in [6.07, 6.45) is 0. The minimum absolute atomic E-state index is 0.00761. The molecule has 0 fully saturated rings. The fraction of sp³-hybridized carbons (Fsp3) is 0.231. The van der Waals surface area contributed by atoms with Crippen LogP contribution in [0.1, 0.15) is 16.5 Å². The van der Waals surface area contributed by atoms with Crippen LogP contribution in [0.25, 0.3) is 0 Å². The number of hydrogen-bond acceptors (Lipinski definition) is 3. The van der Waals surface area contributed by atoms with Gasteiger partial charge in [-0.05, 0) is 42.1 Å². The molecule has 2 N–H and O–H groups in total. The summed E-state index contributed by atoms with van der Waals surface area (Å²) >= 11 is 3.29. The largest absolute Gasteiger partial charge is 0.323 e. The van der Waals surface area contributed by atoms with Gasteiger partial charge < -0.3 is 5.73 Å². The zero-order chi connectivity index (χ0) is 12.3. The molecule has 0 saturated carbocycles. The molecule has 0 amide bonds. The van der Waals surface area contributed by atoms with Crippen LogP contribution in [0.15, 0.2) is 40.6 Å². The molecule has 0 aliphatic heterocycles. The summed E-state index contributed by atoms with van der Waals surface area (Å²) in [6, 6.07) is 8.73. The maximum absolute atomic E-state index is 13.0. The maximum Gasteiger partial charge on any atom is 0.124 e. The lowest BCUT2D eigenvalue weighted by atomic mass is 10.2. The van der Waals surface area contributed by atoms with E-state index in [0.29, 0.717) is 0 Å². The van der Waals surface area contributed by atoms with Gasteiger partial charge in [-0.2, -0.15) is 0 Å². The standard InChI is InChI=1S/C13H14FNS2/c1-9-5-10(7-16-9)13(15)8-17-12-4-2-3-11(14)6-12/h2-7,13H,8,15H2,1H3. The van der Waals surface area contributed by atoms with E-state index in [-0.39, 0.29) is 11.9 Å². The van der Waals surface area contributed by atoms with Crippen LogP contribution < -0.4 is 5.73 Å². The molecule has 0 aliphatic carbocycles. The van der Waals surface area contributed by atoms with E-state index in [0.717, 1.165) is 16.2 Å². The van der Waals surface area contributed by atoms with E-state index in [1.54, 1.807) is 29.2 Å². The Labute approximate surface area is 109 Å². The molecular formula is C13H14FNS2. The number of aryl methyl sites for hydroxylation is 1. The number of benzene rings is 1. The Kier molecular flexibility index (Phi) is 4.20. The molecule has 1 unspecified atom stereocenters. The Morgan fingerprint density at radius 2 is 2.24 bits per heavy atom. The fourth-order valence-electron chi connectivity index (χ4n) is 1.50. The highest BCUT2D eigenvalue weighted by Gasteiger charge is 2.08. The monoisotopic (exact) mass is 267 g/mol. The summed E-state index contributed by atoms with van der Waals surface area (Å²) in [6.45, 7) is 2.07. The van der Waals surface area contributed by atoms with Crippen molar-refractivity contribution in [2.24, 2.45) is 5.73 Å². The van der Waals surface area contributed by atoms with Crippen LogP contribution in [0, 0.1) is 12.7 Å². The molecule has 1 heterocycles. The van der Waals surface area contributed by atoms with Gasteiger partial charge in [-0.25, -0.2) is 4.39 Å². The summed E-state index contributed by atoms with van der Waals surface area (Å²) in [5.74, 6) is 0.564. The van der Waals surface area contributed by atoms with Crippen molar-refractivity contribution in [2.75, 3.05) is 5.75 Å². The first kappa shape index (κ1) is 12.6. The molecule has 2 rings (SSSR count). The van der Waals surface area contributed by atoms with Crippen LogP contribution >= 0.6 is 23.1 Å². The van der Waals surface area contributed by atoms with Gasteiger partial charge in [0.15, 0.2) is 0 Å². The molecule has 2 aromatic rings. The Morgan fingerprint density at radius 3 is 2.88 bits per heavy atom. The summed E-state index contributed by atoms with van der Waals surface area (Å²) in [5.41, 5.74) is 7.25. The number of halogens is 1. The lowest BCUT2D eigenvalue weighted by Gasteiger charge is -2.09. The quantitative estimate of drug-likeness (QED) is 0.848. The number of hydrogen-bond donors (Lipinski definition) is 1. The van der Waals surface area contributed by atoms with E-state index >= 15 is 0 Å². The van der Waals surface area contributed by atoms with E-state index in [9.17, 15) is 4.39 Å². The van der Waals surface area contributed by atoms with E-state index in [1.165, 1.54) is 17.0 Å². The average Bonchev–Trinajstić information content (AvgIpc) is 2.73. The van der Waals surface area contributed by atoms with Gasteiger partial charge in [0, 0.05) is 21.6 Å². The molecule has 0 spiro atoms. The van der Waals surface area contributed by atoms with Gasteiger partial charge in [0.25, 0.3) is 0 Å². The smallest absolute Gasteiger partial charge is 0.124 e. The Balaban J connectivity index is 1.94. The zero-order valence-corrected chi connectivity index (χ0v) is 11.2. The SMILES string of the molecule is Cc1cc(C(N)CSc2cccc(F)c2)cs1. The average molecular weight is 267 g/mol. The second-order valence-electron chi connectivity index (χ2n) is 3.87. The van der Waals surface area contributed by atoms with Gasteiger partial charge in [0.1, 0.15) is 5.82 Å². The second-order valence-corrected chi connectivity index (χ2v) is 6.07. The molecule has 1 atom stereocenters. The normalized spacial score (nSPS) is 12.6. The first-order valence-corrected chi connectivity index (χ1v) is 7.20. The highest BCUT2D eigenvalue weighted by atomic mass is 32.2. The number of rotatable bonds is 4. The van der Waals surface area contributed by atoms with Crippen molar-refractivity contribution in [3.8, 4) is 0 Å². The summed E-state index contributed by atoms with van der Waals surface area (Å²) in [4.78, 5) is 2.19. The first-order valence-electron chi connectivity index (χ1n) is 5.34. The third kappa shape index (κ3) is 3.56. The van der Waals surface area contributed by atoms with Gasteiger partial charge in [-0.15, -0.1) is 23.1 Å². The van der Waals surface area contributed by atoms with Crippen LogP contribution in [-0.4, -0.2) is 5.75 Å². The van der Waals surface area contributed by atoms with Gasteiger partial charge in [-0.1, -0.05) is 6.07 Å². The minimum atomic E-state index is -0.199. The first-order chi connectivity index (χ1) is 8.15. The van der Waals surface area contributed by atoms with Crippen LogP contribution in [0.3, 0.4) is 0 Å². The van der Waals surface area contributed by atoms with E-state index in [2.05, 4.69) is 18.4 Å². The lowest BCUT2D eigenvalue weighted by Crippen LogP contribution is -2.11. The predicted octanol–water partition coefficient (Wildman–Crippen LogP) is 3.99. The molecule has 1 nitrogen and oxygen atoms in total. The molecule has 0 bridgehead atoms. The van der Waals surface area contributed by atoms with Gasteiger partial charge in [0.05, 0.1) is 0 Å². The lowest BCUT2D eigenvalue weighted by molar-refractivity contribution is 0.624. The molecule has 4 heteroatoms. The fourth-order valence-corrected chi connectivity index (χ4v) is 3.20. The molecule has 0 aliphatic rings. The van der Waals surface area contributed by atoms with Crippen molar-refractivity contribution in [3.05, 3.63) is 52.0 Å². The molecule has 1 aromatic heterocycles. The topological polar surface area (TPSA) is 26.0 Å². The van der Waals surface area contributed by atoms with Gasteiger partial charge in [-0.3, -0.25) is 0 Å². The van der Waals surface area contributed by atoms with Crippen molar-refractivity contribution in [1.29, 1.82) is 0 Å². The zero-order valence-electron chi connectivity index (χ0n) is 9.52. The van der Waals surface area contributed by atoms with Crippen LogP contribution in [-0.2, 0) is 0 Å². The highest BCUT2D eigenvalue weighted by Crippen LogP contribution is 2.26. The van der Waals surface area contributed by atoms with Gasteiger partial charge >= 0.3 is 0 Å².